The van der Waals surface area contributed by atoms with Crippen LogP contribution in [0, 0.1) is 0 Å². The molecular weight excluding hydrogens is 272 g/mol. The molecule has 1 heterocycles. The van der Waals surface area contributed by atoms with Gasteiger partial charge in [0.25, 0.3) is 5.91 Å². The van der Waals surface area contributed by atoms with Crippen LogP contribution in [-0.4, -0.2) is 17.2 Å². The number of carbonyl (C=O) groups excluding carboxylic acids is 2. The van der Waals surface area contributed by atoms with Gasteiger partial charge in [0.05, 0.1) is 5.69 Å². The Bertz CT molecular complexity index is 593. The third-order valence-corrected chi connectivity index (χ3v) is 3.70. The molecule has 1 aromatic carbocycles. The lowest BCUT2D eigenvalue weighted by Crippen LogP contribution is -2.11. The Morgan fingerprint density at radius 2 is 2.06 bits per heavy atom. The van der Waals surface area contributed by atoms with Gasteiger partial charge in [-0.1, -0.05) is 23.7 Å². The molecule has 18 heavy (non-hydrogen) atoms. The van der Waals surface area contributed by atoms with Gasteiger partial charge in [-0.15, -0.1) is 11.3 Å². The number of nitrogens with two attached hydrogens (primary N) is 1. The molecule has 0 aliphatic carbocycles. The topological polar surface area (TPSA) is 73.1 Å². The summed E-state index contributed by atoms with van der Waals surface area (Å²) < 4.78 is 0. The van der Waals surface area contributed by atoms with Gasteiger partial charge in [0.1, 0.15) is 16.2 Å². The number of aromatic nitrogens is 1. The molecule has 0 radical (unpaired) electrons. The van der Waals surface area contributed by atoms with Crippen molar-refractivity contribution in [1.29, 1.82) is 0 Å². The van der Waals surface area contributed by atoms with E-state index in [9.17, 15) is 9.59 Å². The van der Waals surface area contributed by atoms with Gasteiger partial charge < -0.3 is 10.5 Å². The zero-order valence-electron chi connectivity index (χ0n) is 9.22. The van der Waals surface area contributed by atoms with Crippen LogP contribution < -0.4 is 5.73 Å². The molecule has 92 valence electrons. The average molecular weight is 281 g/mol. The van der Waals surface area contributed by atoms with Gasteiger partial charge in [-0.3, -0.25) is 4.79 Å². The zero-order valence-corrected chi connectivity index (χ0v) is 10.8. The Hall–Kier alpha value is -1.72. The van der Waals surface area contributed by atoms with Crippen LogP contribution in [0.5, 0.6) is 0 Å². The highest BCUT2D eigenvalue weighted by atomic mass is 35.5. The largest absolute Gasteiger partial charge is 0.365 e. The van der Waals surface area contributed by atoms with Crippen molar-refractivity contribution in [2.75, 3.05) is 0 Å². The first-order chi connectivity index (χ1) is 8.61. The number of aldehydes is 1. The van der Waals surface area contributed by atoms with E-state index in [0.29, 0.717) is 26.9 Å². The van der Waals surface area contributed by atoms with Crippen molar-refractivity contribution < 1.29 is 9.59 Å². The van der Waals surface area contributed by atoms with Crippen LogP contribution in [0.25, 0.3) is 10.6 Å². The van der Waals surface area contributed by atoms with E-state index in [0.717, 1.165) is 5.56 Å². The number of carbonyl (C=O) groups is 2. The van der Waals surface area contributed by atoms with Crippen LogP contribution in [0.1, 0.15) is 15.4 Å². The highest BCUT2D eigenvalue weighted by molar-refractivity contribution is 7.17. The fourth-order valence-electron chi connectivity index (χ4n) is 1.48. The maximum absolute atomic E-state index is 11.3. The number of amides is 1. The molecule has 2 aromatic rings. The van der Waals surface area contributed by atoms with Crippen molar-refractivity contribution in [3.05, 3.63) is 39.9 Å². The summed E-state index contributed by atoms with van der Waals surface area (Å²) in [7, 11) is 0. The standard InChI is InChI=1S/C12H9ClN2O2S/c13-8-3-1-7(2-4-8)12-15-9(5-6-16)10(18-12)11(14)17/h1-4,6H,5H2,(H2,14,17). The summed E-state index contributed by atoms with van der Waals surface area (Å²) in [4.78, 5) is 26.4. The van der Waals surface area contributed by atoms with E-state index in [2.05, 4.69) is 4.98 Å². The third-order valence-electron chi connectivity index (χ3n) is 2.29. The van der Waals surface area contributed by atoms with Crippen LogP contribution in [-0.2, 0) is 11.2 Å². The summed E-state index contributed by atoms with van der Waals surface area (Å²) in [5, 5.41) is 1.27. The van der Waals surface area contributed by atoms with E-state index in [1.807, 2.05) is 0 Å². The van der Waals surface area contributed by atoms with Crippen molar-refractivity contribution in [1.82, 2.24) is 4.98 Å². The molecule has 0 bridgehead atoms. The number of rotatable bonds is 4. The number of thiazole rings is 1. The van der Waals surface area contributed by atoms with E-state index >= 15 is 0 Å². The summed E-state index contributed by atoms with van der Waals surface area (Å²) in [5.74, 6) is -0.565. The minimum Gasteiger partial charge on any atom is -0.365 e. The summed E-state index contributed by atoms with van der Waals surface area (Å²) in [6, 6.07) is 7.08. The Morgan fingerprint density at radius 1 is 1.39 bits per heavy atom. The van der Waals surface area contributed by atoms with Crippen LogP contribution in [0.4, 0.5) is 0 Å². The lowest BCUT2D eigenvalue weighted by atomic mass is 10.2. The van der Waals surface area contributed by atoms with E-state index in [4.69, 9.17) is 17.3 Å². The van der Waals surface area contributed by atoms with Gasteiger partial charge in [0.15, 0.2) is 0 Å². The first-order valence-corrected chi connectivity index (χ1v) is 6.30. The number of halogens is 1. The van der Waals surface area contributed by atoms with Crippen molar-refractivity contribution in [3.8, 4) is 10.6 Å². The van der Waals surface area contributed by atoms with Crippen LogP contribution in [0.2, 0.25) is 5.02 Å². The first-order valence-electron chi connectivity index (χ1n) is 5.11. The summed E-state index contributed by atoms with van der Waals surface area (Å²) in [5.41, 5.74) is 6.52. The molecule has 0 saturated heterocycles. The zero-order chi connectivity index (χ0) is 13.1. The van der Waals surface area contributed by atoms with E-state index in [-0.39, 0.29) is 6.42 Å². The minimum absolute atomic E-state index is 0.0857. The van der Waals surface area contributed by atoms with Gasteiger partial charge in [-0.25, -0.2) is 4.98 Å². The van der Waals surface area contributed by atoms with E-state index in [1.165, 1.54) is 11.3 Å². The minimum atomic E-state index is -0.565. The Balaban J connectivity index is 2.45. The molecule has 0 fully saturated rings. The smallest absolute Gasteiger partial charge is 0.260 e. The second-order valence-corrected chi connectivity index (χ2v) is 4.97. The lowest BCUT2D eigenvalue weighted by Gasteiger charge is -1.95. The number of hydrogen-bond acceptors (Lipinski definition) is 4. The Morgan fingerprint density at radius 3 is 2.61 bits per heavy atom. The summed E-state index contributed by atoms with van der Waals surface area (Å²) in [6.45, 7) is 0. The maximum atomic E-state index is 11.3. The Kier molecular flexibility index (Phi) is 3.74. The molecular formula is C12H9ClN2O2S. The molecule has 1 aromatic heterocycles. The normalized spacial score (nSPS) is 10.3. The monoisotopic (exact) mass is 280 g/mol. The average Bonchev–Trinajstić information content (AvgIpc) is 2.75. The predicted molar refractivity (Wildman–Crippen MR) is 70.8 cm³/mol. The predicted octanol–water partition coefficient (Wildman–Crippen LogP) is 2.30. The van der Waals surface area contributed by atoms with Gasteiger partial charge in [0.2, 0.25) is 0 Å². The highest BCUT2D eigenvalue weighted by Gasteiger charge is 2.16. The molecule has 0 aliphatic heterocycles. The molecule has 0 unspecified atom stereocenters. The summed E-state index contributed by atoms with van der Waals surface area (Å²) >= 11 is 6.98. The molecule has 0 saturated carbocycles. The van der Waals surface area contributed by atoms with Gasteiger partial charge in [-0.05, 0) is 12.1 Å². The molecule has 1 amide bonds. The van der Waals surface area contributed by atoms with Crippen LogP contribution in [0.15, 0.2) is 24.3 Å². The Labute approximate surface area is 112 Å². The van der Waals surface area contributed by atoms with E-state index < -0.39 is 5.91 Å². The number of primary amides is 1. The number of hydrogen-bond donors (Lipinski definition) is 1. The summed E-state index contributed by atoms with van der Waals surface area (Å²) in [6.07, 6.45) is 0.787. The SMILES string of the molecule is NC(=O)c1sc(-c2ccc(Cl)cc2)nc1CC=O. The van der Waals surface area contributed by atoms with Crippen molar-refractivity contribution in [2.45, 2.75) is 6.42 Å². The first kappa shape index (κ1) is 12.7. The molecule has 0 aliphatic rings. The second kappa shape index (κ2) is 5.29. The fraction of sp³-hybridized carbons (Fsp3) is 0.0833. The van der Waals surface area contributed by atoms with Crippen LogP contribution in [0.3, 0.4) is 0 Å². The fourth-order valence-corrected chi connectivity index (χ4v) is 2.55. The van der Waals surface area contributed by atoms with Crippen molar-refractivity contribution >= 4 is 35.1 Å². The third kappa shape index (κ3) is 2.57. The molecule has 4 nitrogen and oxygen atoms in total. The van der Waals surface area contributed by atoms with Gasteiger partial charge >= 0.3 is 0 Å². The second-order valence-electron chi connectivity index (χ2n) is 3.54. The molecule has 0 spiro atoms. The molecule has 0 atom stereocenters. The van der Waals surface area contributed by atoms with E-state index in [1.54, 1.807) is 24.3 Å². The molecule has 2 rings (SSSR count). The van der Waals surface area contributed by atoms with Gasteiger partial charge in [-0.2, -0.15) is 0 Å². The lowest BCUT2D eigenvalue weighted by molar-refractivity contribution is -0.107. The van der Waals surface area contributed by atoms with Gasteiger partial charge in [0, 0.05) is 17.0 Å². The van der Waals surface area contributed by atoms with Crippen molar-refractivity contribution in [2.24, 2.45) is 5.73 Å². The van der Waals surface area contributed by atoms with Crippen molar-refractivity contribution in [3.63, 3.8) is 0 Å². The highest BCUT2D eigenvalue weighted by Crippen LogP contribution is 2.28. The molecule has 2 N–H and O–H groups in total. The quantitative estimate of drug-likeness (QED) is 0.874. The maximum Gasteiger partial charge on any atom is 0.260 e. The molecule has 6 heteroatoms. The number of benzene rings is 1. The van der Waals surface area contributed by atoms with Crippen LogP contribution >= 0.6 is 22.9 Å². The number of nitrogens with zero attached hydrogens (tertiary/aromatic N) is 1.